The molecule has 2 amide bonds. The summed E-state index contributed by atoms with van der Waals surface area (Å²) in [7, 11) is 1.17. The Labute approximate surface area is 172 Å². The van der Waals surface area contributed by atoms with Gasteiger partial charge in [-0.1, -0.05) is 36.9 Å². The van der Waals surface area contributed by atoms with Crippen LogP contribution < -0.4 is 5.32 Å². The molecule has 1 N–H and O–H groups in total. The van der Waals surface area contributed by atoms with Crippen LogP contribution in [0.2, 0.25) is 0 Å². The number of carbonyl (C=O) groups is 2. The second kappa shape index (κ2) is 8.33. The molecule has 0 unspecified atom stereocenters. The topological polar surface area (TPSA) is 67.2 Å². The number of hydrogen-bond donors (Lipinski definition) is 1. The number of carbonyl (C=O) groups excluding carboxylic acids is 2. The summed E-state index contributed by atoms with van der Waals surface area (Å²) in [4.78, 5) is 26.0. The molecule has 1 aromatic heterocycles. The number of nitrogens with one attached hydrogen (secondary N) is 1. The van der Waals surface area contributed by atoms with E-state index in [9.17, 15) is 22.8 Å². The molecule has 6 nitrogen and oxygen atoms in total. The number of benzene rings is 1. The van der Waals surface area contributed by atoms with E-state index < -0.39 is 17.8 Å². The van der Waals surface area contributed by atoms with Gasteiger partial charge >= 0.3 is 6.18 Å². The van der Waals surface area contributed by atoms with Gasteiger partial charge in [0.15, 0.2) is 5.69 Å². The van der Waals surface area contributed by atoms with Gasteiger partial charge in [-0.3, -0.25) is 14.3 Å². The fourth-order valence-electron chi connectivity index (χ4n) is 3.82. The molecule has 0 bridgehead atoms. The highest BCUT2D eigenvalue weighted by Gasteiger charge is 2.40. The van der Waals surface area contributed by atoms with E-state index in [0.717, 1.165) is 11.6 Å². The largest absolute Gasteiger partial charge is 0.433 e. The Morgan fingerprint density at radius 2 is 1.87 bits per heavy atom. The van der Waals surface area contributed by atoms with E-state index >= 15 is 0 Å². The normalized spacial score (nSPS) is 16.2. The van der Waals surface area contributed by atoms with Crippen molar-refractivity contribution >= 4 is 11.8 Å². The molecule has 1 aromatic carbocycles. The van der Waals surface area contributed by atoms with Crippen molar-refractivity contribution < 1.29 is 22.8 Å². The first-order chi connectivity index (χ1) is 14.2. The maximum absolute atomic E-state index is 13.0. The van der Waals surface area contributed by atoms with Crippen LogP contribution in [0.1, 0.15) is 34.6 Å². The quantitative estimate of drug-likeness (QED) is 0.757. The number of aromatic nitrogens is 2. The van der Waals surface area contributed by atoms with Gasteiger partial charge in [-0.15, -0.1) is 0 Å². The molecule has 1 aliphatic rings. The number of hydrogen-bond acceptors (Lipinski definition) is 3. The molecular weight excluding hydrogens is 397 g/mol. The number of piperidine rings is 1. The molecule has 9 heteroatoms. The molecule has 0 radical (unpaired) electrons. The average Bonchev–Trinajstić information content (AvgIpc) is 3.14. The predicted molar refractivity (Wildman–Crippen MR) is 105 cm³/mol. The van der Waals surface area contributed by atoms with Crippen molar-refractivity contribution in [3.05, 3.63) is 66.0 Å². The summed E-state index contributed by atoms with van der Waals surface area (Å²) in [5, 5.41) is 6.60. The standard InChI is InChI=1S/C21H23F3N4O2/c1-3-18(29)25-14-20(15-7-5-4-6-8-15)9-11-28(12-10-20)19(30)16-13-17(21(22,23)24)27(2)26-16/h3-8,13H,1,9-12,14H2,2H3,(H,25,29). The lowest BCUT2D eigenvalue weighted by molar-refractivity contribution is -0.143. The molecule has 1 aliphatic heterocycles. The van der Waals surface area contributed by atoms with E-state index in [-0.39, 0.29) is 17.0 Å². The average molecular weight is 420 g/mol. The minimum absolute atomic E-state index is 0.225. The van der Waals surface area contributed by atoms with E-state index in [1.54, 1.807) is 0 Å². The molecule has 0 spiro atoms. The minimum atomic E-state index is -4.58. The number of halogens is 3. The summed E-state index contributed by atoms with van der Waals surface area (Å²) in [6.07, 6.45) is -2.26. The van der Waals surface area contributed by atoms with Crippen molar-refractivity contribution in [3.8, 4) is 0 Å². The van der Waals surface area contributed by atoms with Crippen LogP contribution in [0.5, 0.6) is 0 Å². The Kier molecular flexibility index (Phi) is 6.00. The van der Waals surface area contributed by atoms with Crippen molar-refractivity contribution in [2.75, 3.05) is 19.6 Å². The number of rotatable bonds is 5. The van der Waals surface area contributed by atoms with Crippen LogP contribution in [0.15, 0.2) is 49.1 Å². The predicted octanol–water partition coefficient (Wildman–Crippen LogP) is 2.92. The Bertz CT molecular complexity index is 929. The van der Waals surface area contributed by atoms with Crippen molar-refractivity contribution in [2.24, 2.45) is 7.05 Å². The number of alkyl halides is 3. The van der Waals surface area contributed by atoms with Crippen molar-refractivity contribution in [1.82, 2.24) is 20.0 Å². The van der Waals surface area contributed by atoms with Gasteiger partial charge in [-0.05, 0) is 24.5 Å². The van der Waals surface area contributed by atoms with Crippen LogP contribution in [-0.2, 0) is 23.4 Å². The van der Waals surface area contributed by atoms with Crippen LogP contribution in [0.4, 0.5) is 13.2 Å². The lowest BCUT2D eigenvalue weighted by atomic mass is 9.72. The van der Waals surface area contributed by atoms with Crippen molar-refractivity contribution in [2.45, 2.75) is 24.4 Å². The molecule has 1 saturated heterocycles. The van der Waals surface area contributed by atoms with Gasteiger partial charge in [-0.25, -0.2) is 0 Å². The molecule has 1 fully saturated rings. The van der Waals surface area contributed by atoms with E-state index in [1.807, 2.05) is 30.3 Å². The third-order valence-electron chi connectivity index (χ3n) is 5.57. The lowest BCUT2D eigenvalue weighted by Gasteiger charge is -2.42. The second-order valence-electron chi connectivity index (χ2n) is 7.40. The minimum Gasteiger partial charge on any atom is -0.352 e. The van der Waals surface area contributed by atoms with Crippen LogP contribution in [0.3, 0.4) is 0 Å². The Balaban J connectivity index is 1.77. The van der Waals surface area contributed by atoms with Crippen LogP contribution in [0, 0.1) is 0 Å². The molecule has 0 saturated carbocycles. The van der Waals surface area contributed by atoms with Gasteiger partial charge in [0.05, 0.1) is 0 Å². The molecule has 160 valence electrons. The zero-order chi connectivity index (χ0) is 21.9. The summed E-state index contributed by atoms with van der Waals surface area (Å²) < 4.78 is 39.7. The fraction of sp³-hybridized carbons (Fsp3) is 0.381. The summed E-state index contributed by atoms with van der Waals surface area (Å²) in [6.45, 7) is 4.53. The molecule has 2 aromatic rings. The molecular formula is C21H23F3N4O2. The molecule has 0 atom stereocenters. The van der Waals surface area contributed by atoms with Gasteiger partial charge in [0.25, 0.3) is 5.91 Å². The smallest absolute Gasteiger partial charge is 0.352 e. The summed E-state index contributed by atoms with van der Waals surface area (Å²) in [6, 6.07) is 10.5. The summed E-state index contributed by atoms with van der Waals surface area (Å²) in [5.74, 6) is -0.810. The fourth-order valence-corrected chi connectivity index (χ4v) is 3.82. The molecule has 0 aliphatic carbocycles. The number of likely N-dealkylation sites (tertiary alicyclic amines) is 1. The highest BCUT2D eigenvalue weighted by molar-refractivity contribution is 5.92. The summed E-state index contributed by atoms with van der Waals surface area (Å²) >= 11 is 0. The molecule has 30 heavy (non-hydrogen) atoms. The SMILES string of the molecule is C=CC(=O)NCC1(c2ccccc2)CCN(C(=O)c2cc(C(F)(F)F)n(C)n2)CC1. The maximum Gasteiger partial charge on any atom is 0.433 e. The van der Waals surface area contributed by atoms with Crippen LogP contribution in [-0.4, -0.2) is 46.1 Å². The van der Waals surface area contributed by atoms with Gasteiger partial charge in [-0.2, -0.15) is 18.3 Å². The van der Waals surface area contributed by atoms with E-state index in [2.05, 4.69) is 17.0 Å². The Morgan fingerprint density at radius 3 is 2.40 bits per heavy atom. The zero-order valence-electron chi connectivity index (χ0n) is 16.6. The summed E-state index contributed by atoms with van der Waals surface area (Å²) in [5.41, 5.74) is -0.526. The first-order valence-electron chi connectivity index (χ1n) is 9.52. The van der Waals surface area contributed by atoms with Gasteiger partial charge < -0.3 is 10.2 Å². The third-order valence-corrected chi connectivity index (χ3v) is 5.57. The van der Waals surface area contributed by atoms with Gasteiger partial charge in [0.2, 0.25) is 5.91 Å². The van der Waals surface area contributed by atoms with E-state index in [0.29, 0.717) is 37.2 Å². The Morgan fingerprint density at radius 1 is 1.23 bits per heavy atom. The third kappa shape index (κ3) is 4.39. The van der Waals surface area contributed by atoms with Crippen molar-refractivity contribution in [1.29, 1.82) is 0 Å². The number of nitrogens with zero attached hydrogens (tertiary/aromatic N) is 3. The second-order valence-corrected chi connectivity index (χ2v) is 7.40. The maximum atomic E-state index is 13.0. The first-order valence-corrected chi connectivity index (χ1v) is 9.52. The number of aryl methyl sites for hydroxylation is 1. The monoisotopic (exact) mass is 420 g/mol. The number of amides is 2. The van der Waals surface area contributed by atoms with Gasteiger partial charge in [0, 0.05) is 38.2 Å². The molecule has 3 rings (SSSR count). The highest BCUT2D eigenvalue weighted by atomic mass is 19.4. The Hall–Kier alpha value is -3.10. The highest BCUT2D eigenvalue weighted by Crippen LogP contribution is 2.36. The van der Waals surface area contributed by atoms with Gasteiger partial charge in [0.1, 0.15) is 5.69 Å². The first kappa shape index (κ1) is 21.6. The van der Waals surface area contributed by atoms with Crippen LogP contribution >= 0.6 is 0 Å². The van der Waals surface area contributed by atoms with E-state index in [4.69, 9.17) is 0 Å². The molecule has 2 heterocycles. The van der Waals surface area contributed by atoms with E-state index in [1.165, 1.54) is 18.0 Å². The van der Waals surface area contributed by atoms with Crippen molar-refractivity contribution in [3.63, 3.8) is 0 Å². The lowest BCUT2D eigenvalue weighted by Crippen LogP contribution is -2.50. The van der Waals surface area contributed by atoms with Crippen LogP contribution in [0.25, 0.3) is 0 Å². The zero-order valence-corrected chi connectivity index (χ0v) is 16.6.